The average Bonchev–Trinajstić information content (AvgIpc) is 3.76. The molecule has 11 nitrogen and oxygen atoms in total. The van der Waals surface area contributed by atoms with Crippen molar-refractivity contribution < 1.29 is 27.6 Å². The summed E-state index contributed by atoms with van der Waals surface area (Å²) in [5.74, 6) is 2.39. The third kappa shape index (κ3) is 4.93. The van der Waals surface area contributed by atoms with Gasteiger partial charge in [0.05, 0.1) is 0 Å². The van der Waals surface area contributed by atoms with Crippen LogP contribution in [0.1, 0.15) is 0 Å². The molecule has 0 atom stereocenters. The van der Waals surface area contributed by atoms with Gasteiger partial charge in [0, 0.05) is 43.8 Å². The fourth-order valence-corrected chi connectivity index (χ4v) is 5.59. The number of H-pyrrole nitrogens is 2. The van der Waals surface area contributed by atoms with Crippen molar-refractivity contribution in [3.63, 3.8) is 0 Å². The molecular weight excluding hydrogens is 635 g/mol. The second-order valence-corrected chi connectivity index (χ2v) is 12.6. The van der Waals surface area contributed by atoms with Crippen molar-refractivity contribution in [3.8, 4) is 45.6 Å². The van der Waals surface area contributed by atoms with Crippen molar-refractivity contribution in [2.45, 2.75) is 0 Å². The Balaban J connectivity index is 0.000000560. The number of nitrogens with one attached hydrogen (secondary N) is 2. The van der Waals surface area contributed by atoms with Gasteiger partial charge in [0.2, 0.25) is 0 Å². The van der Waals surface area contributed by atoms with E-state index in [9.17, 15) is 0 Å². The molecule has 7 aromatic rings. The molecule has 3 aromatic heterocycles. The first-order chi connectivity index (χ1) is 21.8. The van der Waals surface area contributed by atoms with Gasteiger partial charge in [0.15, 0.2) is 23.3 Å². The molecule has 0 amide bonds. The van der Waals surface area contributed by atoms with Crippen molar-refractivity contribution in [1.29, 1.82) is 0 Å². The van der Waals surface area contributed by atoms with Crippen LogP contribution in [0.5, 0.6) is 0 Å². The summed E-state index contributed by atoms with van der Waals surface area (Å²) in [6, 6.07) is 32.2. The van der Waals surface area contributed by atoms with Gasteiger partial charge in [0.1, 0.15) is 22.6 Å². The van der Waals surface area contributed by atoms with Crippen LogP contribution in [0.25, 0.3) is 89.7 Å². The van der Waals surface area contributed by atoms with E-state index in [1.165, 1.54) is 0 Å². The largest absolute Gasteiger partial charge is 0.324 e. The number of fused-ring (bicyclic) bond motifs is 20. The summed E-state index contributed by atoms with van der Waals surface area (Å²) >= 11 is 2.69. The first kappa shape index (κ1) is 27.2. The zero-order valence-electron chi connectivity index (χ0n) is 22.9. The van der Waals surface area contributed by atoms with Crippen molar-refractivity contribution in [3.05, 3.63) is 97.1 Å². The van der Waals surface area contributed by atoms with Gasteiger partial charge in [-0.1, -0.05) is 97.1 Å². The van der Waals surface area contributed by atoms with Crippen LogP contribution in [0.3, 0.4) is 0 Å². The van der Waals surface area contributed by atoms with Crippen LogP contribution in [0.4, 0.5) is 0 Å². The van der Waals surface area contributed by atoms with Gasteiger partial charge in [-0.3, -0.25) is 0 Å². The first-order valence-electron chi connectivity index (χ1n) is 13.6. The van der Waals surface area contributed by atoms with E-state index < -0.39 is 8.59 Å². The summed E-state index contributed by atoms with van der Waals surface area (Å²) < 4.78 is 25.5. The normalized spacial score (nSPS) is 12.0. The van der Waals surface area contributed by atoms with E-state index in [1.807, 2.05) is 97.1 Å². The Morgan fingerprint density at radius 2 is 0.667 bits per heavy atom. The molecule has 0 fully saturated rings. The maximum absolute atomic E-state index is 9.05. The fourth-order valence-electron chi connectivity index (χ4n) is 5.59. The van der Waals surface area contributed by atoms with Gasteiger partial charge in [-0.05, 0) is 0 Å². The molecule has 8 bridgehead atoms. The molecule has 0 radical (unpaired) electrons. The Hall–Kier alpha value is -5.34. The van der Waals surface area contributed by atoms with Crippen molar-refractivity contribution >= 4 is 52.7 Å². The number of nitrogens with zero attached hydrogens (tertiary/aromatic N) is 6. The minimum Gasteiger partial charge on any atom is -0.324 e. The topological polar surface area (TPSA) is 163 Å². The number of hydrogen-bond donors (Lipinski definition) is 3. The van der Waals surface area contributed by atoms with Crippen molar-refractivity contribution in [2.24, 2.45) is 0 Å². The van der Waals surface area contributed by atoms with Gasteiger partial charge in [-0.2, -0.15) is 0 Å². The molecule has 9 rings (SSSR count). The van der Waals surface area contributed by atoms with Crippen LogP contribution in [-0.2, 0) is 23.2 Å². The van der Waals surface area contributed by atoms with Gasteiger partial charge < -0.3 is 9.97 Å². The Morgan fingerprint density at radius 1 is 0.444 bits per heavy atom. The number of rotatable bonds is 0. The Kier molecular flexibility index (Phi) is 6.28. The third-order valence-electron chi connectivity index (χ3n) is 7.46. The van der Waals surface area contributed by atoms with Crippen LogP contribution >= 0.6 is 0 Å². The Morgan fingerprint density at radius 3 is 0.911 bits per heavy atom. The fraction of sp³-hybridized carbons (Fsp3) is 0. The smallest absolute Gasteiger partial charge is 0.164 e. The molecule has 2 aliphatic heterocycles. The van der Waals surface area contributed by atoms with Crippen molar-refractivity contribution in [2.75, 3.05) is 0 Å². The summed E-state index contributed by atoms with van der Waals surface area (Å²) in [4.78, 5) is 36.8. The number of aromatic amines is 2. The number of aromatic nitrogens is 8. The van der Waals surface area contributed by atoms with Crippen LogP contribution in [-0.4, -0.2) is 52.8 Å². The minimum absolute atomic E-state index is 0.597. The Bertz CT molecular complexity index is 2290. The molecule has 0 unspecified atom stereocenters. The summed E-state index contributed by atoms with van der Waals surface area (Å²) in [6.07, 6.45) is 0. The molecule has 2 aliphatic rings. The second-order valence-electron chi connectivity index (χ2n) is 10.2. The predicted octanol–water partition coefficient (Wildman–Crippen LogP) is 6.21. The van der Waals surface area contributed by atoms with E-state index in [4.69, 9.17) is 42.9 Å². The molecule has 0 aliphatic carbocycles. The van der Waals surface area contributed by atoms with Gasteiger partial charge in [-0.15, -0.1) is 0 Å². The van der Waals surface area contributed by atoms with Crippen LogP contribution < -0.4 is 0 Å². The van der Waals surface area contributed by atoms with E-state index in [0.29, 0.717) is 45.9 Å². The SMILES string of the molecule is O=[S](=O)(O)[Co].c1ccc2c(c1)-c1nc-2nc2[nH]c(nc3nc(nc4[nH]c(n1)c1ccccc41)-c1ccccc1-3)c1ccccc21. The third-order valence-corrected chi connectivity index (χ3v) is 7.46. The van der Waals surface area contributed by atoms with Gasteiger partial charge in [0.25, 0.3) is 0 Å². The molecule has 3 N–H and O–H groups in total. The van der Waals surface area contributed by atoms with Crippen molar-refractivity contribution in [1.82, 2.24) is 39.9 Å². The maximum Gasteiger partial charge on any atom is 0.164 e. The molecular formula is C32H19CoN8O3S. The van der Waals surface area contributed by atoms with E-state index in [0.717, 1.165) is 43.8 Å². The van der Waals surface area contributed by atoms with Crippen LogP contribution in [0, 0.1) is 0 Å². The maximum atomic E-state index is 9.05. The summed E-state index contributed by atoms with van der Waals surface area (Å²) in [5, 5.41) is 3.82. The minimum atomic E-state index is -3.98. The first-order valence-corrected chi connectivity index (χ1v) is 16.2. The van der Waals surface area contributed by atoms with E-state index >= 15 is 0 Å². The molecule has 0 saturated heterocycles. The second kappa shape index (κ2) is 10.4. The predicted molar refractivity (Wildman–Crippen MR) is 168 cm³/mol. The Labute approximate surface area is 262 Å². The molecule has 0 saturated carbocycles. The zero-order valence-corrected chi connectivity index (χ0v) is 24.8. The van der Waals surface area contributed by atoms with Gasteiger partial charge >= 0.3 is 36.2 Å². The summed E-state index contributed by atoms with van der Waals surface area (Å²) in [5.41, 5.74) is 6.45. The number of benzene rings is 4. The monoisotopic (exact) mass is 654 g/mol. The van der Waals surface area contributed by atoms with E-state index in [2.05, 4.69) is 24.6 Å². The summed E-state index contributed by atoms with van der Waals surface area (Å²) in [7, 11) is -3.98. The molecule has 45 heavy (non-hydrogen) atoms. The standard InChI is InChI=1S/C32H18N8.Co.HO3S/c1-2-10-18-17(9-1)25-33-26(18)38-28-21-13-5-6-14-22(21)30(35-28)40-32-24-16-8-7-15-23(24)31(36-32)39-29-20-12-4-3-11-19(20)27(34-29)37-25;;1-4(2)3/h1-16H,(H2,33,34,35,36,37,38,39,40);;(H,1,2,3). The number of hydrogen-bond acceptors (Lipinski definition) is 8. The van der Waals surface area contributed by atoms with Crippen LogP contribution in [0.15, 0.2) is 97.1 Å². The van der Waals surface area contributed by atoms with E-state index in [1.54, 1.807) is 0 Å². The van der Waals surface area contributed by atoms with Crippen LogP contribution in [0.2, 0.25) is 0 Å². The molecule has 4 aromatic carbocycles. The molecule has 0 spiro atoms. The quantitative estimate of drug-likeness (QED) is 0.161. The zero-order chi connectivity index (χ0) is 30.7. The van der Waals surface area contributed by atoms with Gasteiger partial charge in [-0.25, -0.2) is 29.9 Å². The summed E-state index contributed by atoms with van der Waals surface area (Å²) in [6.45, 7) is 0. The molecule has 220 valence electrons. The molecule has 5 heterocycles. The van der Waals surface area contributed by atoms with E-state index in [-0.39, 0.29) is 0 Å². The average molecular weight is 655 g/mol. The molecule has 13 heteroatoms.